The molecule has 0 fully saturated rings. The van der Waals surface area contributed by atoms with Crippen LogP contribution in [0.3, 0.4) is 0 Å². The summed E-state index contributed by atoms with van der Waals surface area (Å²) in [5.74, 6) is -1.09. The first-order valence-electron chi connectivity index (χ1n) is 5.84. The van der Waals surface area contributed by atoms with Crippen LogP contribution in [0, 0.1) is 5.92 Å². The summed E-state index contributed by atoms with van der Waals surface area (Å²) in [7, 11) is 1.51. The Morgan fingerprint density at radius 2 is 1.83 bits per heavy atom. The van der Waals surface area contributed by atoms with E-state index in [1.165, 1.54) is 7.05 Å². The lowest BCUT2D eigenvalue weighted by Gasteiger charge is -2.16. The first kappa shape index (κ1) is 16.2. The topological polar surface area (TPSA) is 108 Å². The van der Waals surface area contributed by atoms with E-state index < -0.39 is 18.0 Å². The van der Waals surface area contributed by atoms with Gasteiger partial charge in [-0.3, -0.25) is 4.79 Å². The molecule has 0 saturated carbocycles. The summed E-state index contributed by atoms with van der Waals surface area (Å²) in [6.07, 6.45) is 0.518. The van der Waals surface area contributed by atoms with Crippen molar-refractivity contribution in [2.45, 2.75) is 32.7 Å². The molecule has 1 atom stereocenters. The molecule has 104 valence electrons. The molecular formula is C11H21N3O4. The van der Waals surface area contributed by atoms with Crippen molar-refractivity contribution < 1.29 is 19.5 Å². The zero-order valence-electron chi connectivity index (χ0n) is 10.9. The highest BCUT2D eigenvalue weighted by Crippen LogP contribution is 2.04. The minimum absolute atomic E-state index is 0.159. The van der Waals surface area contributed by atoms with E-state index in [4.69, 9.17) is 5.11 Å². The summed E-state index contributed by atoms with van der Waals surface area (Å²) in [5, 5.41) is 16.1. The molecule has 0 heterocycles. The molecule has 0 spiro atoms. The fourth-order valence-electron chi connectivity index (χ4n) is 1.32. The SMILES string of the molecule is CNC(=O)CCNC(=O)N[C@@H](CC(C)C)C(=O)O. The monoisotopic (exact) mass is 259 g/mol. The van der Waals surface area contributed by atoms with Gasteiger partial charge in [0.15, 0.2) is 0 Å². The van der Waals surface area contributed by atoms with Gasteiger partial charge in [0, 0.05) is 20.0 Å². The zero-order valence-corrected chi connectivity index (χ0v) is 10.9. The van der Waals surface area contributed by atoms with Gasteiger partial charge in [0.25, 0.3) is 0 Å². The molecule has 0 rings (SSSR count). The average molecular weight is 259 g/mol. The number of carbonyl (C=O) groups is 3. The van der Waals surface area contributed by atoms with Gasteiger partial charge in [-0.15, -0.1) is 0 Å². The number of hydrogen-bond acceptors (Lipinski definition) is 3. The van der Waals surface area contributed by atoms with Crippen LogP contribution >= 0.6 is 0 Å². The summed E-state index contributed by atoms with van der Waals surface area (Å²) in [6, 6.07) is -1.49. The van der Waals surface area contributed by atoms with Crippen LogP contribution in [0.5, 0.6) is 0 Å². The summed E-state index contributed by atoms with van der Waals surface area (Å²) in [4.78, 5) is 33.2. The second kappa shape index (κ2) is 8.32. The lowest BCUT2D eigenvalue weighted by molar-refractivity contribution is -0.139. The van der Waals surface area contributed by atoms with Gasteiger partial charge in [0.1, 0.15) is 6.04 Å². The van der Waals surface area contributed by atoms with Gasteiger partial charge >= 0.3 is 12.0 Å². The van der Waals surface area contributed by atoms with Crippen LogP contribution in [0.25, 0.3) is 0 Å². The quantitative estimate of drug-likeness (QED) is 0.513. The standard InChI is InChI=1S/C11H21N3O4/c1-7(2)6-8(10(16)17)14-11(18)13-5-4-9(15)12-3/h7-8H,4-6H2,1-3H3,(H,12,15)(H,16,17)(H2,13,14,18)/t8-/m0/s1. The summed E-state index contributed by atoms with van der Waals surface area (Å²) < 4.78 is 0. The summed E-state index contributed by atoms with van der Waals surface area (Å²) >= 11 is 0. The van der Waals surface area contributed by atoms with Gasteiger partial charge < -0.3 is 21.1 Å². The van der Waals surface area contributed by atoms with Gasteiger partial charge in [-0.2, -0.15) is 0 Å². The third-order valence-electron chi connectivity index (χ3n) is 2.23. The highest BCUT2D eigenvalue weighted by molar-refractivity contribution is 5.83. The molecule has 0 aromatic heterocycles. The van der Waals surface area contributed by atoms with Crippen LogP contribution in [0.4, 0.5) is 4.79 Å². The number of carbonyl (C=O) groups excluding carboxylic acids is 2. The largest absolute Gasteiger partial charge is 0.480 e. The van der Waals surface area contributed by atoms with E-state index in [2.05, 4.69) is 16.0 Å². The van der Waals surface area contributed by atoms with Gasteiger partial charge in [-0.25, -0.2) is 9.59 Å². The van der Waals surface area contributed by atoms with Crippen molar-refractivity contribution in [2.24, 2.45) is 5.92 Å². The van der Waals surface area contributed by atoms with Crippen LogP contribution in [0.15, 0.2) is 0 Å². The molecule has 4 N–H and O–H groups in total. The molecule has 3 amide bonds. The molecule has 18 heavy (non-hydrogen) atoms. The van der Waals surface area contributed by atoms with Crippen LogP contribution in [0.1, 0.15) is 26.7 Å². The molecule has 0 aliphatic rings. The molecule has 7 heteroatoms. The van der Waals surface area contributed by atoms with Crippen molar-refractivity contribution >= 4 is 17.9 Å². The van der Waals surface area contributed by atoms with E-state index in [0.717, 1.165) is 0 Å². The Kier molecular flexibility index (Phi) is 7.50. The molecular weight excluding hydrogens is 238 g/mol. The lowest BCUT2D eigenvalue weighted by Crippen LogP contribution is -2.47. The van der Waals surface area contributed by atoms with Crippen LogP contribution < -0.4 is 16.0 Å². The van der Waals surface area contributed by atoms with Crippen molar-refractivity contribution in [3.63, 3.8) is 0 Å². The Morgan fingerprint density at radius 3 is 2.28 bits per heavy atom. The number of carboxylic acids is 1. The number of carboxylic acid groups (broad SMARTS) is 1. The normalized spacial score (nSPS) is 11.8. The van der Waals surface area contributed by atoms with E-state index in [1.54, 1.807) is 0 Å². The lowest BCUT2D eigenvalue weighted by atomic mass is 10.0. The predicted molar refractivity (Wildman–Crippen MR) is 66.1 cm³/mol. The Bertz CT molecular complexity index is 305. The highest BCUT2D eigenvalue weighted by Gasteiger charge is 2.20. The van der Waals surface area contributed by atoms with Crippen molar-refractivity contribution in [1.82, 2.24) is 16.0 Å². The van der Waals surface area contributed by atoms with Gasteiger partial charge in [-0.05, 0) is 12.3 Å². The predicted octanol–water partition coefficient (Wildman–Crippen LogP) is -0.0790. The molecule has 0 radical (unpaired) electrons. The van der Waals surface area contributed by atoms with Crippen molar-refractivity contribution in [1.29, 1.82) is 0 Å². The number of aliphatic carboxylic acids is 1. The maximum Gasteiger partial charge on any atom is 0.326 e. The minimum atomic E-state index is -1.06. The van der Waals surface area contributed by atoms with Crippen molar-refractivity contribution in [3.05, 3.63) is 0 Å². The molecule has 0 aliphatic heterocycles. The number of hydrogen-bond donors (Lipinski definition) is 4. The van der Waals surface area contributed by atoms with E-state index in [0.29, 0.717) is 6.42 Å². The maximum absolute atomic E-state index is 11.4. The molecule has 0 aromatic carbocycles. The Morgan fingerprint density at radius 1 is 1.22 bits per heavy atom. The number of rotatable bonds is 7. The van der Waals surface area contributed by atoms with Gasteiger partial charge in [0.05, 0.1) is 0 Å². The fourth-order valence-corrected chi connectivity index (χ4v) is 1.32. The molecule has 0 bridgehead atoms. The molecule has 0 aliphatic carbocycles. The number of urea groups is 1. The van der Waals surface area contributed by atoms with E-state index >= 15 is 0 Å². The first-order chi connectivity index (χ1) is 8.36. The number of nitrogens with one attached hydrogen (secondary N) is 3. The van der Waals surface area contributed by atoms with Crippen LogP contribution in [-0.4, -0.2) is 42.6 Å². The molecule has 0 unspecified atom stereocenters. The Labute approximate surface area is 106 Å². The summed E-state index contributed by atoms with van der Waals surface area (Å²) in [6.45, 7) is 3.92. The molecule has 0 saturated heterocycles. The Balaban J connectivity index is 4.03. The third kappa shape index (κ3) is 7.48. The van der Waals surface area contributed by atoms with Crippen LogP contribution in [0.2, 0.25) is 0 Å². The highest BCUT2D eigenvalue weighted by atomic mass is 16.4. The molecule has 7 nitrogen and oxygen atoms in total. The fraction of sp³-hybridized carbons (Fsp3) is 0.727. The summed E-state index contributed by atoms with van der Waals surface area (Å²) in [5.41, 5.74) is 0. The van der Waals surface area contributed by atoms with E-state index in [-0.39, 0.29) is 24.8 Å². The van der Waals surface area contributed by atoms with Gasteiger partial charge in [0.2, 0.25) is 5.91 Å². The third-order valence-corrected chi connectivity index (χ3v) is 2.23. The van der Waals surface area contributed by atoms with Crippen molar-refractivity contribution in [2.75, 3.05) is 13.6 Å². The average Bonchev–Trinajstić information content (AvgIpc) is 2.27. The van der Waals surface area contributed by atoms with E-state index in [9.17, 15) is 14.4 Å². The van der Waals surface area contributed by atoms with Gasteiger partial charge in [-0.1, -0.05) is 13.8 Å². The Hall–Kier alpha value is -1.79. The molecule has 0 aromatic rings. The smallest absolute Gasteiger partial charge is 0.326 e. The van der Waals surface area contributed by atoms with Crippen molar-refractivity contribution in [3.8, 4) is 0 Å². The minimum Gasteiger partial charge on any atom is -0.480 e. The number of amides is 3. The van der Waals surface area contributed by atoms with Crippen LogP contribution in [-0.2, 0) is 9.59 Å². The second-order valence-corrected chi connectivity index (χ2v) is 4.34. The first-order valence-corrected chi connectivity index (χ1v) is 5.84. The maximum atomic E-state index is 11.4. The zero-order chi connectivity index (χ0) is 14.1. The second-order valence-electron chi connectivity index (χ2n) is 4.34. The van der Waals surface area contributed by atoms with E-state index in [1.807, 2.05) is 13.8 Å².